The van der Waals surface area contributed by atoms with Crippen LogP contribution < -0.4 is 10.8 Å². The molecule has 0 bridgehead atoms. The zero-order valence-electron chi connectivity index (χ0n) is 6.87. The van der Waals surface area contributed by atoms with E-state index in [4.69, 9.17) is 4.65 Å². The monoisotopic (exact) mass is 163 g/mol. The highest BCUT2D eigenvalue weighted by atomic mass is 16.5. The summed E-state index contributed by atoms with van der Waals surface area (Å²) < 4.78 is 5.08. The van der Waals surface area contributed by atoms with E-state index in [0.717, 1.165) is 16.7 Å². The molecular formula is C8H10BNO2. The molecule has 1 heterocycles. The van der Waals surface area contributed by atoms with Crippen LogP contribution >= 0.6 is 0 Å². The predicted octanol–water partition coefficient (Wildman–Crippen LogP) is -0.0540. The molecule has 0 amide bonds. The van der Waals surface area contributed by atoms with Crippen molar-refractivity contribution < 1.29 is 9.68 Å². The van der Waals surface area contributed by atoms with Crippen molar-refractivity contribution in [3.05, 3.63) is 23.8 Å². The average Bonchev–Trinajstić information content (AvgIpc) is 2.48. The largest absolute Gasteiger partial charge is 0.493 e. The Labute approximate surface area is 71.5 Å². The van der Waals surface area contributed by atoms with Gasteiger partial charge in [0.15, 0.2) is 0 Å². The fraction of sp³-hybridized carbons (Fsp3) is 0.250. The van der Waals surface area contributed by atoms with E-state index in [0.29, 0.717) is 6.61 Å². The van der Waals surface area contributed by atoms with Crippen LogP contribution in [0.3, 0.4) is 0 Å². The molecule has 0 aliphatic carbocycles. The molecule has 3 nitrogen and oxygen atoms in total. The SMILES string of the molecule is CNc1cccc2c1B(O)OC2. The number of anilines is 1. The molecule has 0 atom stereocenters. The molecule has 2 N–H and O–H groups in total. The molecule has 0 saturated carbocycles. The van der Waals surface area contributed by atoms with E-state index in [-0.39, 0.29) is 0 Å². The van der Waals surface area contributed by atoms with Gasteiger partial charge in [-0.1, -0.05) is 12.1 Å². The summed E-state index contributed by atoms with van der Waals surface area (Å²) in [6.45, 7) is 0.506. The Morgan fingerprint density at radius 3 is 3.17 bits per heavy atom. The maximum absolute atomic E-state index is 9.43. The molecule has 0 spiro atoms. The molecule has 1 aliphatic heterocycles. The first-order valence-electron chi connectivity index (χ1n) is 3.92. The summed E-state index contributed by atoms with van der Waals surface area (Å²) >= 11 is 0. The van der Waals surface area contributed by atoms with Crippen molar-refractivity contribution in [2.24, 2.45) is 0 Å². The summed E-state index contributed by atoms with van der Waals surface area (Å²) in [5.74, 6) is 0. The lowest BCUT2D eigenvalue weighted by Crippen LogP contribution is -2.30. The third-order valence-corrected chi connectivity index (χ3v) is 2.11. The number of nitrogens with one attached hydrogen (secondary N) is 1. The fourth-order valence-electron chi connectivity index (χ4n) is 1.50. The fourth-order valence-corrected chi connectivity index (χ4v) is 1.50. The highest BCUT2D eigenvalue weighted by molar-refractivity contribution is 6.63. The first-order chi connectivity index (χ1) is 5.83. The molecule has 1 aromatic carbocycles. The van der Waals surface area contributed by atoms with E-state index in [1.165, 1.54) is 0 Å². The third kappa shape index (κ3) is 1.00. The van der Waals surface area contributed by atoms with E-state index in [9.17, 15) is 5.02 Å². The van der Waals surface area contributed by atoms with Gasteiger partial charge in [0.1, 0.15) is 0 Å². The highest BCUT2D eigenvalue weighted by Crippen LogP contribution is 2.15. The second-order valence-electron chi connectivity index (χ2n) is 2.79. The predicted molar refractivity (Wildman–Crippen MR) is 48.4 cm³/mol. The van der Waals surface area contributed by atoms with Gasteiger partial charge >= 0.3 is 7.12 Å². The van der Waals surface area contributed by atoms with Gasteiger partial charge in [-0.25, -0.2) is 0 Å². The minimum atomic E-state index is -0.761. The summed E-state index contributed by atoms with van der Waals surface area (Å²) in [6.07, 6.45) is 0. The Hall–Kier alpha value is -0.995. The number of benzene rings is 1. The molecule has 1 aliphatic rings. The molecule has 0 radical (unpaired) electrons. The van der Waals surface area contributed by atoms with Gasteiger partial charge in [-0.15, -0.1) is 0 Å². The van der Waals surface area contributed by atoms with Crippen molar-refractivity contribution in [3.8, 4) is 0 Å². The van der Waals surface area contributed by atoms with E-state index in [1.807, 2.05) is 25.2 Å². The van der Waals surface area contributed by atoms with Crippen LogP contribution in [-0.2, 0) is 11.3 Å². The maximum atomic E-state index is 9.43. The Bertz CT molecular complexity index is 303. The third-order valence-electron chi connectivity index (χ3n) is 2.11. The van der Waals surface area contributed by atoms with Gasteiger partial charge in [0.2, 0.25) is 0 Å². The molecule has 62 valence electrons. The molecular weight excluding hydrogens is 153 g/mol. The molecule has 2 rings (SSSR count). The summed E-state index contributed by atoms with van der Waals surface area (Å²) in [7, 11) is 1.07. The van der Waals surface area contributed by atoms with Gasteiger partial charge in [-0.3, -0.25) is 0 Å². The van der Waals surface area contributed by atoms with Gasteiger partial charge in [0.05, 0.1) is 6.61 Å². The van der Waals surface area contributed by atoms with Crippen molar-refractivity contribution in [1.29, 1.82) is 0 Å². The van der Waals surface area contributed by atoms with Gasteiger partial charge < -0.3 is 15.0 Å². The van der Waals surface area contributed by atoms with Crippen LogP contribution in [0.15, 0.2) is 18.2 Å². The second kappa shape index (κ2) is 2.81. The van der Waals surface area contributed by atoms with Crippen LogP contribution in [0.2, 0.25) is 0 Å². The molecule has 1 aromatic rings. The normalized spacial score (nSPS) is 14.7. The van der Waals surface area contributed by atoms with Crippen LogP contribution in [0.5, 0.6) is 0 Å². The van der Waals surface area contributed by atoms with Crippen molar-refractivity contribution in [2.75, 3.05) is 12.4 Å². The van der Waals surface area contributed by atoms with Gasteiger partial charge in [0.25, 0.3) is 0 Å². The van der Waals surface area contributed by atoms with Crippen molar-refractivity contribution in [1.82, 2.24) is 0 Å². The lowest BCUT2D eigenvalue weighted by molar-refractivity contribution is 0.275. The molecule has 0 saturated heterocycles. The Balaban J connectivity index is 2.53. The summed E-state index contributed by atoms with van der Waals surface area (Å²) in [5.41, 5.74) is 2.88. The lowest BCUT2D eigenvalue weighted by Gasteiger charge is -2.06. The number of hydrogen-bond donors (Lipinski definition) is 2. The first-order valence-corrected chi connectivity index (χ1v) is 3.92. The smallest absolute Gasteiger partial charge is 0.423 e. The van der Waals surface area contributed by atoms with Gasteiger partial charge in [-0.05, 0) is 11.6 Å². The minimum absolute atomic E-state index is 0.506. The second-order valence-corrected chi connectivity index (χ2v) is 2.79. The van der Waals surface area contributed by atoms with Gasteiger partial charge in [0, 0.05) is 18.2 Å². The number of fused-ring (bicyclic) bond motifs is 1. The maximum Gasteiger partial charge on any atom is 0.493 e. The highest BCUT2D eigenvalue weighted by Gasteiger charge is 2.29. The average molecular weight is 163 g/mol. The molecule has 0 fully saturated rings. The van der Waals surface area contributed by atoms with E-state index in [2.05, 4.69) is 5.32 Å². The summed E-state index contributed by atoms with van der Waals surface area (Å²) in [5, 5.41) is 12.4. The quantitative estimate of drug-likeness (QED) is 0.570. The van der Waals surface area contributed by atoms with E-state index in [1.54, 1.807) is 0 Å². The lowest BCUT2D eigenvalue weighted by atomic mass is 9.78. The van der Waals surface area contributed by atoms with E-state index >= 15 is 0 Å². The van der Waals surface area contributed by atoms with Crippen molar-refractivity contribution in [3.63, 3.8) is 0 Å². The Morgan fingerprint density at radius 2 is 2.42 bits per heavy atom. The molecule has 4 heteroatoms. The Kier molecular flexibility index (Phi) is 1.79. The van der Waals surface area contributed by atoms with Crippen LogP contribution in [0.1, 0.15) is 5.56 Å². The molecule has 12 heavy (non-hydrogen) atoms. The van der Waals surface area contributed by atoms with Crippen LogP contribution in [-0.4, -0.2) is 19.2 Å². The zero-order chi connectivity index (χ0) is 8.55. The van der Waals surface area contributed by atoms with Gasteiger partial charge in [-0.2, -0.15) is 0 Å². The van der Waals surface area contributed by atoms with Crippen LogP contribution in [0.4, 0.5) is 5.69 Å². The van der Waals surface area contributed by atoms with Crippen LogP contribution in [0.25, 0.3) is 0 Å². The topological polar surface area (TPSA) is 41.5 Å². The van der Waals surface area contributed by atoms with Crippen LogP contribution in [0, 0.1) is 0 Å². The first kappa shape index (κ1) is 7.64. The number of hydrogen-bond acceptors (Lipinski definition) is 3. The van der Waals surface area contributed by atoms with Crippen molar-refractivity contribution >= 4 is 18.3 Å². The standard InChI is InChI=1S/C8H10BNO2/c1-10-7-4-2-3-6-5-12-9(11)8(6)7/h2-4,10-11H,5H2,1H3. The molecule has 0 aromatic heterocycles. The zero-order valence-corrected chi connectivity index (χ0v) is 6.87. The van der Waals surface area contributed by atoms with Crippen molar-refractivity contribution in [2.45, 2.75) is 6.61 Å². The van der Waals surface area contributed by atoms with E-state index < -0.39 is 7.12 Å². The number of rotatable bonds is 1. The Morgan fingerprint density at radius 1 is 1.58 bits per heavy atom. The summed E-state index contributed by atoms with van der Waals surface area (Å²) in [6, 6.07) is 5.84. The summed E-state index contributed by atoms with van der Waals surface area (Å²) in [4.78, 5) is 0. The molecule has 0 unspecified atom stereocenters. The minimum Gasteiger partial charge on any atom is -0.423 e.